The van der Waals surface area contributed by atoms with E-state index in [9.17, 15) is 5.11 Å². The van der Waals surface area contributed by atoms with Crippen molar-refractivity contribution in [3.8, 4) is 17.1 Å². The molecule has 5 nitrogen and oxygen atoms in total. The molecular weight excluding hydrogens is 254 g/mol. The van der Waals surface area contributed by atoms with Gasteiger partial charge in [-0.05, 0) is 50.6 Å². The molecule has 0 radical (unpaired) electrons. The van der Waals surface area contributed by atoms with Crippen molar-refractivity contribution in [2.45, 2.75) is 40.2 Å². The molecule has 1 atom stereocenters. The summed E-state index contributed by atoms with van der Waals surface area (Å²) in [7, 11) is 0. The van der Waals surface area contributed by atoms with Gasteiger partial charge < -0.3 is 14.9 Å². The van der Waals surface area contributed by atoms with E-state index < -0.39 is 0 Å². The number of likely N-dealkylation sites (N-methyl/N-ethyl adjacent to an activating group) is 1. The van der Waals surface area contributed by atoms with Gasteiger partial charge in [-0.1, -0.05) is 12.1 Å². The highest BCUT2D eigenvalue weighted by Gasteiger charge is 2.13. The largest absolute Gasteiger partial charge is 0.507 e. The lowest BCUT2D eigenvalue weighted by atomic mass is 10.1. The molecule has 2 N–H and O–H groups in total. The molecule has 0 amide bonds. The lowest BCUT2D eigenvalue weighted by Gasteiger charge is -2.08. The van der Waals surface area contributed by atoms with Crippen molar-refractivity contribution in [3.63, 3.8) is 0 Å². The predicted molar refractivity (Wildman–Crippen MR) is 77.7 cm³/mol. The molecule has 2 aromatic rings. The van der Waals surface area contributed by atoms with Crippen LogP contribution in [0.1, 0.15) is 30.9 Å². The SMILES string of the molecule is CCNC(C)Cc1nc(-c2cc(C)c(O)c(C)c2)no1. The second-order valence-corrected chi connectivity index (χ2v) is 5.13. The van der Waals surface area contributed by atoms with Crippen molar-refractivity contribution in [3.05, 3.63) is 29.2 Å². The summed E-state index contributed by atoms with van der Waals surface area (Å²) in [6.07, 6.45) is 0.705. The van der Waals surface area contributed by atoms with E-state index >= 15 is 0 Å². The Morgan fingerprint density at radius 2 is 1.95 bits per heavy atom. The second-order valence-electron chi connectivity index (χ2n) is 5.13. The molecule has 0 aliphatic carbocycles. The molecule has 1 aromatic carbocycles. The van der Waals surface area contributed by atoms with E-state index in [4.69, 9.17) is 4.52 Å². The van der Waals surface area contributed by atoms with Gasteiger partial charge in [-0.15, -0.1) is 0 Å². The summed E-state index contributed by atoms with van der Waals surface area (Å²) in [5, 5.41) is 17.1. The van der Waals surface area contributed by atoms with Crippen LogP contribution in [0.3, 0.4) is 0 Å². The molecule has 0 saturated carbocycles. The maximum absolute atomic E-state index is 9.79. The lowest BCUT2D eigenvalue weighted by Crippen LogP contribution is -2.27. The number of benzene rings is 1. The molecule has 0 aliphatic rings. The van der Waals surface area contributed by atoms with E-state index in [2.05, 4.69) is 29.3 Å². The summed E-state index contributed by atoms with van der Waals surface area (Å²) in [6.45, 7) is 8.79. The first-order valence-electron chi connectivity index (χ1n) is 6.87. The number of phenolic OH excluding ortho intramolecular Hbond substituents is 1. The fourth-order valence-electron chi connectivity index (χ4n) is 2.22. The highest BCUT2D eigenvalue weighted by molar-refractivity contribution is 5.60. The molecule has 0 fully saturated rings. The van der Waals surface area contributed by atoms with Crippen LogP contribution in [-0.2, 0) is 6.42 Å². The van der Waals surface area contributed by atoms with Gasteiger partial charge in [0.05, 0.1) is 0 Å². The van der Waals surface area contributed by atoms with Crippen LogP contribution in [0.5, 0.6) is 5.75 Å². The third-order valence-corrected chi connectivity index (χ3v) is 3.25. The van der Waals surface area contributed by atoms with E-state index in [1.807, 2.05) is 26.0 Å². The predicted octanol–water partition coefficient (Wildman–Crippen LogP) is 2.60. The summed E-state index contributed by atoms with van der Waals surface area (Å²) < 4.78 is 5.28. The van der Waals surface area contributed by atoms with E-state index in [0.29, 0.717) is 29.9 Å². The van der Waals surface area contributed by atoms with E-state index in [1.54, 1.807) is 0 Å². The van der Waals surface area contributed by atoms with Gasteiger partial charge in [0.15, 0.2) is 0 Å². The summed E-state index contributed by atoms with van der Waals surface area (Å²) in [5.41, 5.74) is 2.49. The number of phenols is 1. The first-order chi connectivity index (χ1) is 9.51. The number of hydrogen-bond donors (Lipinski definition) is 2. The first-order valence-corrected chi connectivity index (χ1v) is 6.87. The van der Waals surface area contributed by atoms with Crippen LogP contribution in [0.25, 0.3) is 11.4 Å². The van der Waals surface area contributed by atoms with Gasteiger partial charge in [-0.2, -0.15) is 4.98 Å². The number of rotatable bonds is 5. The Bertz CT molecular complexity index is 570. The van der Waals surface area contributed by atoms with Gasteiger partial charge in [0.1, 0.15) is 5.75 Å². The number of hydrogen-bond acceptors (Lipinski definition) is 5. The number of aryl methyl sites for hydroxylation is 2. The zero-order valence-electron chi connectivity index (χ0n) is 12.4. The van der Waals surface area contributed by atoms with Crippen LogP contribution < -0.4 is 5.32 Å². The minimum Gasteiger partial charge on any atom is -0.507 e. The fraction of sp³-hybridized carbons (Fsp3) is 0.467. The van der Waals surface area contributed by atoms with Crippen LogP contribution in [0, 0.1) is 13.8 Å². The Hall–Kier alpha value is -1.88. The standard InChI is InChI=1S/C15H21N3O2/c1-5-16-11(4)8-13-17-15(18-20-13)12-6-9(2)14(19)10(3)7-12/h6-7,11,16,19H,5,8H2,1-4H3. The Balaban J connectivity index is 2.20. The number of aromatic hydroxyl groups is 1. The quantitative estimate of drug-likeness (QED) is 0.877. The van der Waals surface area contributed by atoms with Crippen molar-refractivity contribution in [1.29, 1.82) is 0 Å². The molecule has 5 heteroatoms. The smallest absolute Gasteiger partial charge is 0.228 e. The van der Waals surface area contributed by atoms with Gasteiger partial charge in [0.25, 0.3) is 0 Å². The number of nitrogens with zero attached hydrogens (tertiary/aromatic N) is 2. The topological polar surface area (TPSA) is 71.2 Å². The summed E-state index contributed by atoms with van der Waals surface area (Å²) >= 11 is 0. The average Bonchev–Trinajstić information content (AvgIpc) is 2.84. The molecule has 1 heterocycles. The molecule has 1 unspecified atom stereocenters. The number of aromatic nitrogens is 2. The van der Waals surface area contributed by atoms with Crippen molar-refractivity contribution in [1.82, 2.24) is 15.5 Å². The Morgan fingerprint density at radius 1 is 1.30 bits per heavy atom. The molecule has 0 aliphatic heterocycles. The number of nitrogens with one attached hydrogen (secondary N) is 1. The average molecular weight is 275 g/mol. The van der Waals surface area contributed by atoms with Crippen molar-refractivity contribution >= 4 is 0 Å². The molecule has 2 rings (SSSR count). The molecule has 0 bridgehead atoms. The van der Waals surface area contributed by atoms with Crippen LogP contribution in [0.4, 0.5) is 0 Å². The molecular formula is C15H21N3O2. The zero-order chi connectivity index (χ0) is 14.7. The third kappa shape index (κ3) is 3.17. The maximum atomic E-state index is 9.79. The zero-order valence-corrected chi connectivity index (χ0v) is 12.4. The normalized spacial score (nSPS) is 12.6. The minimum absolute atomic E-state index is 0.302. The van der Waals surface area contributed by atoms with Crippen LogP contribution in [0.2, 0.25) is 0 Å². The summed E-state index contributed by atoms with van der Waals surface area (Å²) in [5.74, 6) is 1.50. The monoisotopic (exact) mass is 275 g/mol. The fourth-order valence-corrected chi connectivity index (χ4v) is 2.22. The summed E-state index contributed by atoms with van der Waals surface area (Å²) in [6, 6.07) is 4.03. The van der Waals surface area contributed by atoms with Crippen molar-refractivity contribution in [2.75, 3.05) is 6.54 Å². The van der Waals surface area contributed by atoms with Crippen LogP contribution >= 0.6 is 0 Å². The highest BCUT2D eigenvalue weighted by Crippen LogP contribution is 2.27. The second kappa shape index (κ2) is 6.05. The van der Waals surface area contributed by atoms with Gasteiger partial charge in [0, 0.05) is 18.0 Å². The first kappa shape index (κ1) is 14.5. The molecule has 0 spiro atoms. The molecule has 1 aromatic heterocycles. The van der Waals surface area contributed by atoms with Gasteiger partial charge in [-0.25, -0.2) is 0 Å². The van der Waals surface area contributed by atoms with E-state index in [1.165, 1.54) is 0 Å². The third-order valence-electron chi connectivity index (χ3n) is 3.25. The molecule has 20 heavy (non-hydrogen) atoms. The van der Waals surface area contributed by atoms with Crippen LogP contribution in [0.15, 0.2) is 16.7 Å². The van der Waals surface area contributed by atoms with Gasteiger partial charge in [0.2, 0.25) is 11.7 Å². The van der Waals surface area contributed by atoms with Crippen LogP contribution in [-0.4, -0.2) is 27.8 Å². The van der Waals surface area contributed by atoms with E-state index in [0.717, 1.165) is 23.2 Å². The summed E-state index contributed by atoms with van der Waals surface area (Å²) in [4.78, 5) is 4.42. The highest BCUT2D eigenvalue weighted by atomic mass is 16.5. The molecule has 0 saturated heterocycles. The maximum Gasteiger partial charge on any atom is 0.228 e. The Kier molecular flexibility index (Phi) is 4.39. The lowest BCUT2D eigenvalue weighted by molar-refractivity contribution is 0.363. The Labute approximate surface area is 119 Å². The Morgan fingerprint density at radius 3 is 2.55 bits per heavy atom. The van der Waals surface area contributed by atoms with E-state index in [-0.39, 0.29) is 0 Å². The molecule has 108 valence electrons. The van der Waals surface area contributed by atoms with Crippen molar-refractivity contribution in [2.24, 2.45) is 0 Å². The van der Waals surface area contributed by atoms with Crippen molar-refractivity contribution < 1.29 is 9.63 Å². The van der Waals surface area contributed by atoms with Gasteiger partial charge in [-0.3, -0.25) is 0 Å². The minimum atomic E-state index is 0.302. The van der Waals surface area contributed by atoms with Gasteiger partial charge >= 0.3 is 0 Å².